The van der Waals surface area contributed by atoms with Gasteiger partial charge in [0.25, 0.3) is 11.9 Å². The first kappa shape index (κ1) is 20.8. The van der Waals surface area contributed by atoms with Crippen LogP contribution in [0.25, 0.3) is 11.1 Å². The van der Waals surface area contributed by atoms with E-state index in [1.165, 1.54) is 19.3 Å². The topological polar surface area (TPSA) is 73.6 Å². The van der Waals surface area contributed by atoms with Gasteiger partial charge >= 0.3 is 0 Å². The average Bonchev–Trinajstić information content (AvgIpc) is 3.06. The van der Waals surface area contributed by atoms with E-state index in [0.29, 0.717) is 40.8 Å². The highest BCUT2D eigenvalue weighted by atomic mass is 16.4. The van der Waals surface area contributed by atoms with Crippen LogP contribution < -0.4 is 10.6 Å². The van der Waals surface area contributed by atoms with Crippen molar-refractivity contribution in [3.05, 3.63) is 23.8 Å². The molecule has 1 aromatic heterocycles. The molecule has 3 saturated heterocycles. The molecule has 31 heavy (non-hydrogen) atoms. The van der Waals surface area contributed by atoms with Crippen molar-refractivity contribution in [2.75, 3.05) is 25.5 Å². The van der Waals surface area contributed by atoms with Crippen molar-refractivity contribution < 1.29 is 9.21 Å². The van der Waals surface area contributed by atoms with Crippen LogP contribution in [-0.4, -0.2) is 70.5 Å². The highest BCUT2D eigenvalue weighted by molar-refractivity contribution is 6.04. The molecule has 7 nitrogen and oxygen atoms in total. The van der Waals surface area contributed by atoms with Gasteiger partial charge in [0.15, 0.2) is 5.58 Å². The number of para-hydroxylation sites is 1. The Morgan fingerprint density at radius 2 is 1.84 bits per heavy atom. The summed E-state index contributed by atoms with van der Waals surface area (Å²) in [5, 5.41) is 6.69. The Bertz CT molecular complexity index is 945. The quantitative estimate of drug-likeness (QED) is 0.782. The van der Waals surface area contributed by atoms with Crippen LogP contribution in [0.5, 0.6) is 0 Å². The number of benzene rings is 1. The van der Waals surface area contributed by atoms with E-state index in [9.17, 15) is 4.79 Å². The van der Waals surface area contributed by atoms with Gasteiger partial charge in [0.1, 0.15) is 5.52 Å². The van der Waals surface area contributed by atoms with Crippen molar-refractivity contribution in [3.8, 4) is 0 Å². The minimum Gasteiger partial charge on any atom is -0.424 e. The van der Waals surface area contributed by atoms with E-state index in [4.69, 9.17) is 4.42 Å². The van der Waals surface area contributed by atoms with Crippen LogP contribution in [-0.2, 0) is 0 Å². The van der Waals surface area contributed by atoms with Crippen molar-refractivity contribution in [1.82, 2.24) is 20.1 Å². The summed E-state index contributed by atoms with van der Waals surface area (Å²) >= 11 is 0. The minimum atomic E-state index is -0.0411. The number of fused-ring (bicyclic) bond motifs is 3. The first-order chi connectivity index (χ1) is 14.8. The van der Waals surface area contributed by atoms with Gasteiger partial charge in [-0.3, -0.25) is 9.69 Å². The molecule has 3 fully saturated rings. The Kier molecular flexibility index (Phi) is 5.21. The predicted molar refractivity (Wildman–Crippen MR) is 122 cm³/mol. The molecule has 2 atom stereocenters. The number of nitrogens with zero attached hydrogens (tertiary/aromatic N) is 3. The van der Waals surface area contributed by atoms with Gasteiger partial charge in [-0.05, 0) is 65.6 Å². The third-order valence-corrected chi connectivity index (χ3v) is 7.50. The molecular weight excluding hydrogens is 390 g/mol. The molecule has 5 rings (SSSR count). The van der Waals surface area contributed by atoms with Crippen LogP contribution >= 0.6 is 0 Å². The van der Waals surface area contributed by atoms with E-state index in [2.05, 4.69) is 53.2 Å². The smallest absolute Gasteiger partial charge is 0.296 e. The third-order valence-electron chi connectivity index (χ3n) is 7.50. The molecule has 2 aromatic rings. The number of nitrogens with one attached hydrogen (secondary N) is 2. The number of anilines is 1. The maximum atomic E-state index is 13.1. The van der Waals surface area contributed by atoms with Crippen molar-refractivity contribution in [2.24, 2.45) is 0 Å². The SMILES string of the molecule is CN1C2CCCC1CC(NC(=O)c1cccc3oc(NC4CN(C(C)(C)C)C4)nc13)C2. The second-order valence-corrected chi connectivity index (χ2v) is 10.6. The molecule has 2 unspecified atom stereocenters. The number of oxazole rings is 1. The molecule has 2 N–H and O–H groups in total. The summed E-state index contributed by atoms with van der Waals surface area (Å²) in [5.41, 5.74) is 2.07. The van der Waals surface area contributed by atoms with Gasteiger partial charge in [0.05, 0.1) is 11.6 Å². The number of carbonyl (C=O) groups excluding carboxylic acids is 1. The molecule has 2 bridgehead atoms. The fraction of sp³-hybridized carbons (Fsp3) is 0.667. The Hall–Kier alpha value is -2.12. The van der Waals surface area contributed by atoms with E-state index in [1.807, 2.05) is 18.2 Å². The van der Waals surface area contributed by atoms with Crippen LogP contribution in [0.1, 0.15) is 63.2 Å². The zero-order valence-electron chi connectivity index (χ0n) is 19.1. The molecule has 1 amide bonds. The number of rotatable bonds is 4. The van der Waals surface area contributed by atoms with E-state index >= 15 is 0 Å². The summed E-state index contributed by atoms with van der Waals surface area (Å²) in [6, 6.07) is 7.85. The van der Waals surface area contributed by atoms with Gasteiger partial charge < -0.3 is 20.0 Å². The molecule has 4 heterocycles. The van der Waals surface area contributed by atoms with Crippen LogP contribution in [0, 0.1) is 0 Å². The molecule has 1 aromatic carbocycles. The van der Waals surface area contributed by atoms with E-state index in [0.717, 1.165) is 25.9 Å². The Morgan fingerprint density at radius 3 is 2.52 bits per heavy atom. The lowest BCUT2D eigenvalue weighted by atomic mass is 9.82. The van der Waals surface area contributed by atoms with E-state index in [1.54, 1.807) is 0 Å². The predicted octanol–water partition coefficient (Wildman–Crippen LogP) is 3.47. The third kappa shape index (κ3) is 4.05. The van der Waals surface area contributed by atoms with Gasteiger partial charge in [-0.1, -0.05) is 12.5 Å². The molecule has 3 aliphatic rings. The molecule has 0 radical (unpaired) electrons. The minimum absolute atomic E-state index is 0.0411. The number of carbonyl (C=O) groups is 1. The molecule has 168 valence electrons. The Balaban J connectivity index is 1.26. The number of hydrogen-bond acceptors (Lipinski definition) is 6. The van der Waals surface area contributed by atoms with Gasteiger partial charge in [-0.2, -0.15) is 4.98 Å². The summed E-state index contributed by atoms with van der Waals surface area (Å²) in [6.07, 6.45) is 5.85. The second-order valence-electron chi connectivity index (χ2n) is 10.6. The zero-order chi connectivity index (χ0) is 21.8. The van der Waals surface area contributed by atoms with E-state index < -0.39 is 0 Å². The Morgan fingerprint density at radius 1 is 1.13 bits per heavy atom. The molecule has 0 aliphatic carbocycles. The molecular formula is C24H35N5O2. The van der Waals surface area contributed by atoms with Crippen LogP contribution in [0.3, 0.4) is 0 Å². The number of likely N-dealkylation sites (tertiary alicyclic amines) is 1. The van der Waals surface area contributed by atoms with Crippen LogP contribution in [0.4, 0.5) is 6.01 Å². The normalized spacial score (nSPS) is 27.8. The molecule has 0 saturated carbocycles. The van der Waals surface area contributed by atoms with Gasteiger partial charge in [0.2, 0.25) is 0 Å². The monoisotopic (exact) mass is 425 g/mol. The van der Waals surface area contributed by atoms with Crippen LogP contribution in [0.2, 0.25) is 0 Å². The standard InChI is InChI=1S/C24H35N5O2/c1-24(2,3)29-13-16(14-29)26-23-27-21-19(9-6-10-20(21)31-23)22(30)25-15-11-17-7-5-8-18(12-15)28(17)4/h6,9-10,15-18H,5,7-8,11-14H2,1-4H3,(H,25,30)(H,26,27). The molecule has 7 heteroatoms. The zero-order valence-corrected chi connectivity index (χ0v) is 19.1. The summed E-state index contributed by atoms with van der Waals surface area (Å²) in [5.74, 6) is -0.0411. The lowest BCUT2D eigenvalue weighted by Gasteiger charge is -2.47. The van der Waals surface area contributed by atoms with Gasteiger partial charge in [-0.25, -0.2) is 0 Å². The summed E-state index contributed by atoms with van der Waals surface area (Å²) in [7, 11) is 2.24. The van der Waals surface area contributed by atoms with Crippen molar-refractivity contribution >= 4 is 23.0 Å². The fourth-order valence-electron chi connectivity index (χ4n) is 5.48. The number of amides is 1. The Labute approximate surface area is 184 Å². The first-order valence-corrected chi connectivity index (χ1v) is 11.7. The van der Waals surface area contributed by atoms with Crippen LogP contribution in [0.15, 0.2) is 22.6 Å². The largest absolute Gasteiger partial charge is 0.424 e. The summed E-state index contributed by atoms with van der Waals surface area (Å²) < 4.78 is 5.92. The second kappa shape index (κ2) is 7.78. The molecule has 0 spiro atoms. The van der Waals surface area contributed by atoms with Crippen molar-refractivity contribution in [1.29, 1.82) is 0 Å². The lowest BCUT2D eigenvalue weighted by molar-refractivity contribution is 0.0463. The van der Waals surface area contributed by atoms with Crippen molar-refractivity contribution in [3.63, 3.8) is 0 Å². The number of piperidine rings is 2. The first-order valence-electron chi connectivity index (χ1n) is 11.7. The van der Waals surface area contributed by atoms with Crippen molar-refractivity contribution in [2.45, 2.75) is 82.6 Å². The van der Waals surface area contributed by atoms with Gasteiger partial charge in [0, 0.05) is 36.8 Å². The highest BCUT2D eigenvalue weighted by Gasteiger charge is 2.37. The molecule has 3 aliphatic heterocycles. The number of hydrogen-bond donors (Lipinski definition) is 2. The number of aromatic nitrogens is 1. The fourth-order valence-corrected chi connectivity index (χ4v) is 5.48. The van der Waals surface area contributed by atoms with E-state index in [-0.39, 0.29) is 17.5 Å². The van der Waals surface area contributed by atoms with Gasteiger partial charge in [-0.15, -0.1) is 0 Å². The maximum Gasteiger partial charge on any atom is 0.296 e. The summed E-state index contributed by atoms with van der Waals surface area (Å²) in [4.78, 5) is 22.7. The average molecular weight is 426 g/mol. The highest BCUT2D eigenvalue weighted by Crippen LogP contribution is 2.33. The lowest BCUT2D eigenvalue weighted by Crippen LogP contribution is -2.61. The maximum absolute atomic E-state index is 13.1. The summed E-state index contributed by atoms with van der Waals surface area (Å²) in [6.45, 7) is 8.61.